The molecular weight excluding hydrogens is 399 g/mol. The van der Waals surface area contributed by atoms with Gasteiger partial charge in [0.25, 0.3) is 0 Å². The van der Waals surface area contributed by atoms with Gasteiger partial charge in [-0.1, -0.05) is 48.3 Å². The number of carboxylic acids is 1. The number of hydrogen-bond donors (Lipinski definition) is 3. The number of rotatable bonds is 9. The molecule has 0 spiro atoms. The molecule has 148 valence electrons. The SMILES string of the molecule is CCCOc1c(Cl)cc(CN[C@H](Cc2c[nH]c3ccccc23)C(=O)O)cc1Cl. The third-order valence-corrected chi connectivity index (χ3v) is 5.02. The summed E-state index contributed by atoms with van der Waals surface area (Å²) in [5.41, 5.74) is 2.74. The Bertz CT molecular complexity index is 948. The molecule has 0 fully saturated rings. The molecule has 5 nitrogen and oxygen atoms in total. The summed E-state index contributed by atoms with van der Waals surface area (Å²) in [6, 6.07) is 10.6. The largest absolute Gasteiger partial charge is 0.490 e. The normalized spacial score (nSPS) is 12.2. The second kappa shape index (κ2) is 9.32. The first kappa shape index (κ1) is 20.5. The van der Waals surface area contributed by atoms with E-state index in [1.165, 1.54) is 0 Å². The van der Waals surface area contributed by atoms with Crippen LogP contribution in [0.5, 0.6) is 5.75 Å². The lowest BCUT2D eigenvalue weighted by molar-refractivity contribution is -0.139. The second-order valence-electron chi connectivity index (χ2n) is 6.57. The number of carboxylic acid groups (broad SMARTS) is 1. The highest BCUT2D eigenvalue weighted by Crippen LogP contribution is 2.34. The maximum Gasteiger partial charge on any atom is 0.321 e. The topological polar surface area (TPSA) is 74.3 Å². The number of nitrogens with one attached hydrogen (secondary N) is 2. The molecule has 0 amide bonds. The zero-order valence-electron chi connectivity index (χ0n) is 15.5. The molecular formula is C21H22Cl2N2O3. The van der Waals surface area contributed by atoms with Crippen LogP contribution in [-0.2, 0) is 17.8 Å². The fourth-order valence-corrected chi connectivity index (χ4v) is 3.71. The standard InChI is InChI=1S/C21H22Cl2N2O3/c1-2-7-28-20-16(22)8-13(9-17(20)23)11-24-19(21(26)27)10-14-12-25-18-6-4-3-5-15(14)18/h3-6,8-9,12,19,24-25H,2,7,10-11H2,1H3,(H,26,27)/t19-/m1/s1. The lowest BCUT2D eigenvalue weighted by Crippen LogP contribution is -2.38. The van der Waals surface area contributed by atoms with E-state index < -0.39 is 12.0 Å². The van der Waals surface area contributed by atoms with Crippen LogP contribution in [0.2, 0.25) is 10.0 Å². The molecule has 0 unspecified atom stereocenters. The first-order chi connectivity index (χ1) is 13.5. The molecule has 3 N–H and O–H groups in total. The monoisotopic (exact) mass is 420 g/mol. The van der Waals surface area contributed by atoms with Crippen molar-refractivity contribution in [1.82, 2.24) is 10.3 Å². The summed E-state index contributed by atoms with van der Waals surface area (Å²) in [7, 11) is 0. The van der Waals surface area contributed by atoms with E-state index in [9.17, 15) is 9.90 Å². The summed E-state index contributed by atoms with van der Waals surface area (Å²) >= 11 is 12.5. The van der Waals surface area contributed by atoms with Gasteiger partial charge in [-0.3, -0.25) is 4.79 Å². The van der Waals surface area contributed by atoms with Crippen LogP contribution in [0.3, 0.4) is 0 Å². The zero-order chi connectivity index (χ0) is 20.1. The third kappa shape index (κ3) is 4.79. The van der Waals surface area contributed by atoms with Crippen molar-refractivity contribution >= 4 is 40.1 Å². The van der Waals surface area contributed by atoms with Crippen molar-refractivity contribution in [3.63, 3.8) is 0 Å². The van der Waals surface area contributed by atoms with Gasteiger partial charge < -0.3 is 20.1 Å². The second-order valence-corrected chi connectivity index (χ2v) is 7.39. The molecule has 3 aromatic rings. The van der Waals surface area contributed by atoms with Crippen LogP contribution in [0.4, 0.5) is 0 Å². The summed E-state index contributed by atoms with van der Waals surface area (Å²) in [5.74, 6) is -0.451. The van der Waals surface area contributed by atoms with Gasteiger partial charge in [0.15, 0.2) is 5.75 Å². The minimum atomic E-state index is -0.912. The Kier molecular flexibility index (Phi) is 6.83. The minimum absolute atomic E-state index is 0.326. The smallest absolute Gasteiger partial charge is 0.321 e. The van der Waals surface area contributed by atoms with Crippen molar-refractivity contribution < 1.29 is 14.6 Å². The summed E-state index contributed by atoms with van der Waals surface area (Å²) in [6.45, 7) is 2.86. The van der Waals surface area contributed by atoms with E-state index in [1.807, 2.05) is 37.4 Å². The molecule has 0 aliphatic carbocycles. The molecule has 0 bridgehead atoms. The van der Waals surface area contributed by atoms with Crippen LogP contribution in [0, 0.1) is 0 Å². The lowest BCUT2D eigenvalue weighted by Gasteiger charge is -2.16. The van der Waals surface area contributed by atoms with Gasteiger partial charge in [0.05, 0.1) is 16.7 Å². The summed E-state index contributed by atoms with van der Waals surface area (Å²) in [4.78, 5) is 14.9. The quantitative estimate of drug-likeness (QED) is 0.452. The Morgan fingerprint density at radius 2 is 1.96 bits per heavy atom. The molecule has 2 aromatic carbocycles. The molecule has 7 heteroatoms. The summed E-state index contributed by atoms with van der Waals surface area (Å²) < 4.78 is 5.56. The van der Waals surface area contributed by atoms with Crippen molar-refractivity contribution in [2.24, 2.45) is 0 Å². The molecule has 0 aliphatic heterocycles. The lowest BCUT2D eigenvalue weighted by atomic mass is 10.0. The zero-order valence-corrected chi connectivity index (χ0v) is 17.0. The Morgan fingerprint density at radius 3 is 2.64 bits per heavy atom. The first-order valence-corrected chi connectivity index (χ1v) is 9.87. The molecule has 28 heavy (non-hydrogen) atoms. The van der Waals surface area contributed by atoms with Crippen molar-refractivity contribution in [3.05, 3.63) is 63.8 Å². The van der Waals surface area contributed by atoms with E-state index in [-0.39, 0.29) is 0 Å². The van der Waals surface area contributed by atoms with E-state index in [2.05, 4.69) is 10.3 Å². The molecule has 0 radical (unpaired) electrons. The number of fused-ring (bicyclic) bond motifs is 1. The molecule has 1 atom stereocenters. The van der Waals surface area contributed by atoms with Gasteiger partial charge in [0.1, 0.15) is 6.04 Å². The number of H-pyrrole nitrogens is 1. The van der Waals surface area contributed by atoms with Gasteiger partial charge in [0, 0.05) is 30.1 Å². The number of aromatic amines is 1. The number of para-hydroxylation sites is 1. The Morgan fingerprint density at radius 1 is 1.25 bits per heavy atom. The third-order valence-electron chi connectivity index (χ3n) is 4.46. The van der Waals surface area contributed by atoms with Crippen molar-refractivity contribution in [2.75, 3.05) is 6.61 Å². The van der Waals surface area contributed by atoms with Gasteiger partial charge in [-0.25, -0.2) is 0 Å². The van der Waals surface area contributed by atoms with Crippen LogP contribution >= 0.6 is 23.2 Å². The molecule has 3 rings (SSSR count). The molecule has 1 aromatic heterocycles. The van der Waals surface area contributed by atoms with E-state index >= 15 is 0 Å². The van der Waals surface area contributed by atoms with Crippen LogP contribution in [0.1, 0.15) is 24.5 Å². The van der Waals surface area contributed by atoms with Crippen LogP contribution in [0.15, 0.2) is 42.6 Å². The Hall–Kier alpha value is -2.21. The van der Waals surface area contributed by atoms with Crippen LogP contribution in [-0.4, -0.2) is 28.7 Å². The van der Waals surface area contributed by atoms with E-state index in [1.54, 1.807) is 12.1 Å². The highest BCUT2D eigenvalue weighted by Gasteiger charge is 2.20. The Labute approximate surface area is 173 Å². The highest BCUT2D eigenvalue weighted by atomic mass is 35.5. The van der Waals surface area contributed by atoms with Crippen molar-refractivity contribution in [3.8, 4) is 5.75 Å². The average molecular weight is 421 g/mol. The average Bonchev–Trinajstić information content (AvgIpc) is 3.07. The fraction of sp³-hybridized carbons (Fsp3) is 0.286. The number of aromatic nitrogens is 1. The number of carbonyl (C=O) groups is 1. The predicted octanol–water partition coefficient (Wildman–Crippen LogP) is 5.05. The maximum atomic E-state index is 11.7. The van der Waals surface area contributed by atoms with E-state index in [0.717, 1.165) is 28.5 Å². The van der Waals surface area contributed by atoms with Gasteiger partial charge in [-0.05, 0) is 35.7 Å². The van der Waals surface area contributed by atoms with Crippen LogP contribution in [0.25, 0.3) is 10.9 Å². The van der Waals surface area contributed by atoms with Gasteiger partial charge in [-0.2, -0.15) is 0 Å². The van der Waals surface area contributed by atoms with Gasteiger partial charge in [0.2, 0.25) is 0 Å². The number of ether oxygens (including phenoxy) is 1. The Balaban J connectivity index is 1.71. The first-order valence-electron chi connectivity index (χ1n) is 9.11. The fourth-order valence-electron chi connectivity index (χ4n) is 3.06. The maximum absolute atomic E-state index is 11.7. The highest BCUT2D eigenvalue weighted by molar-refractivity contribution is 6.37. The number of aliphatic carboxylic acids is 1. The van der Waals surface area contributed by atoms with E-state index in [0.29, 0.717) is 35.4 Å². The van der Waals surface area contributed by atoms with Crippen molar-refractivity contribution in [1.29, 1.82) is 0 Å². The molecule has 1 heterocycles. The minimum Gasteiger partial charge on any atom is -0.490 e. The molecule has 0 saturated heterocycles. The van der Waals surface area contributed by atoms with E-state index in [4.69, 9.17) is 27.9 Å². The number of hydrogen-bond acceptors (Lipinski definition) is 3. The van der Waals surface area contributed by atoms with Crippen LogP contribution < -0.4 is 10.1 Å². The van der Waals surface area contributed by atoms with Gasteiger partial charge in [-0.15, -0.1) is 0 Å². The number of halogens is 2. The summed E-state index contributed by atoms with van der Waals surface area (Å²) in [6.07, 6.45) is 3.07. The number of benzene rings is 2. The van der Waals surface area contributed by atoms with Gasteiger partial charge >= 0.3 is 5.97 Å². The molecule has 0 saturated carbocycles. The summed E-state index contributed by atoms with van der Waals surface area (Å²) in [5, 5.41) is 14.6. The molecule has 0 aliphatic rings. The predicted molar refractivity (Wildman–Crippen MR) is 113 cm³/mol. The van der Waals surface area contributed by atoms with Crippen molar-refractivity contribution in [2.45, 2.75) is 32.4 Å².